The Bertz CT molecular complexity index is 346. The van der Waals surface area contributed by atoms with Crippen LogP contribution in [-0.2, 0) is 20.0 Å². The Balaban J connectivity index is 0.000000293. The first-order valence-electron chi connectivity index (χ1n) is 3.90. The van der Waals surface area contributed by atoms with E-state index in [9.17, 15) is 9.13 Å². The van der Waals surface area contributed by atoms with Crippen molar-refractivity contribution in [2.24, 2.45) is 5.73 Å². The predicted octanol–water partition coefficient (Wildman–Crippen LogP) is 2.10. The molecular weight excluding hydrogens is 275 g/mol. The first-order valence-corrected chi connectivity index (χ1v) is 6.54. The van der Waals surface area contributed by atoms with Gasteiger partial charge in [0, 0.05) is 20.7 Å². The van der Waals surface area contributed by atoms with Crippen LogP contribution in [0.3, 0.4) is 0 Å². The summed E-state index contributed by atoms with van der Waals surface area (Å²) in [5.41, 5.74) is 6.47. The summed E-state index contributed by atoms with van der Waals surface area (Å²) in [6.07, 6.45) is 0. The van der Waals surface area contributed by atoms with Crippen LogP contribution in [0.25, 0.3) is 0 Å². The maximum absolute atomic E-state index is 9.39. The number of rotatable bonds is 3. The highest BCUT2D eigenvalue weighted by atomic mass is 35.5. The van der Waals surface area contributed by atoms with Crippen LogP contribution in [-0.4, -0.2) is 9.79 Å². The average Bonchev–Trinajstić information content (AvgIpc) is 2.17. The van der Waals surface area contributed by atoms with Gasteiger partial charge in [-0.2, -0.15) is 0 Å². The molecule has 1 rings (SSSR count). The van der Waals surface area contributed by atoms with E-state index in [1.807, 2.05) is 24.3 Å². The van der Waals surface area contributed by atoms with Gasteiger partial charge in [-0.15, -0.1) is 9.79 Å². The van der Waals surface area contributed by atoms with Gasteiger partial charge in [0.15, 0.2) is 4.31 Å². The summed E-state index contributed by atoms with van der Waals surface area (Å²) in [6, 6.07) is 7.51. The highest BCUT2D eigenvalue weighted by Crippen LogP contribution is 2.30. The molecule has 0 aromatic heterocycles. The van der Waals surface area contributed by atoms with Crippen LogP contribution in [0.5, 0.6) is 0 Å². The number of hydrogen-bond donors (Lipinski definition) is 3. The van der Waals surface area contributed by atoms with E-state index in [1.54, 1.807) is 0 Å². The minimum atomic E-state index is -2.92. The third-order valence-corrected chi connectivity index (χ3v) is 2.66. The molecule has 1 aromatic rings. The van der Waals surface area contributed by atoms with Crippen molar-refractivity contribution < 1.29 is 23.2 Å². The monoisotopic (exact) mass is 285 g/mol. The summed E-state index contributed by atoms with van der Waals surface area (Å²) in [5.74, 6) is 0. The van der Waals surface area contributed by atoms with Crippen molar-refractivity contribution in [3.8, 4) is 0 Å². The zero-order chi connectivity index (χ0) is 12.6. The Morgan fingerprint density at radius 2 is 1.62 bits per heavy atom. The van der Waals surface area contributed by atoms with Gasteiger partial charge in [0.05, 0.1) is 0 Å². The SMILES string of the molecule is NCc1ccc(Cl)cc1.O=[P+](O)O[P+](=O)O. The molecule has 0 saturated heterocycles. The van der Waals surface area contributed by atoms with Crippen molar-refractivity contribution in [3.05, 3.63) is 34.9 Å². The van der Waals surface area contributed by atoms with Gasteiger partial charge < -0.3 is 5.73 Å². The first-order chi connectivity index (χ1) is 7.45. The quantitative estimate of drug-likeness (QED) is 0.734. The van der Waals surface area contributed by atoms with Gasteiger partial charge in [-0.1, -0.05) is 23.7 Å². The maximum atomic E-state index is 9.39. The Labute approximate surface area is 98.9 Å². The third-order valence-electron chi connectivity index (χ3n) is 1.29. The third kappa shape index (κ3) is 8.83. The second-order valence-corrected chi connectivity index (χ2v) is 4.43. The van der Waals surface area contributed by atoms with Crippen molar-refractivity contribution in [1.82, 2.24) is 0 Å². The van der Waals surface area contributed by atoms with Crippen molar-refractivity contribution in [3.63, 3.8) is 0 Å². The van der Waals surface area contributed by atoms with Crippen LogP contribution in [0.2, 0.25) is 5.02 Å². The lowest BCUT2D eigenvalue weighted by Gasteiger charge is -1.93. The fourth-order valence-corrected chi connectivity index (χ4v) is 1.28. The highest BCUT2D eigenvalue weighted by Gasteiger charge is 2.31. The van der Waals surface area contributed by atoms with E-state index in [4.69, 9.17) is 27.1 Å². The summed E-state index contributed by atoms with van der Waals surface area (Å²) in [5, 5.41) is 0.757. The van der Waals surface area contributed by atoms with E-state index < -0.39 is 16.5 Å². The Morgan fingerprint density at radius 3 is 1.88 bits per heavy atom. The van der Waals surface area contributed by atoms with Crippen LogP contribution < -0.4 is 5.73 Å². The number of benzene rings is 1. The minimum Gasteiger partial charge on any atom is -0.326 e. The van der Waals surface area contributed by atoms with E-state index in [1.165, 1.54) is 0 Å². The Morgan fingerprint density at radius 1 is 1.19 bits per heavy atom. The zero-order valence-corrected chi connectivity index (χ0v) is 10.5. The van der Waals surface area contributed by atoms with Crippen molar-refractivity contribution in [2.75, 3.05) is 0 Å². The molecule has 2 unspecified atom stereocenters. The molecule has 0 aliphatic heterocycles. The van der Waals surface area contributed by atoms with Gasteiger partial charge in [0.1, 0.15) is 0 Å². The van der Waals surface area contributed by atoms with Gasteiger partial charge in [-0.3, -0.25) is 0 Å². The molecule has 0 amide bonds. The van der Waals surface area contributed by atoms with Crippen LogP contribution in [0, 0.1) is 0 Å². The predicted molar refractivity (Wildman–Crippen MR) is 60.1 cm³/mol. The summed E-state index contributed by atoms with van der Waals surface area (Å²) in [7, 11) is -5.85. The Kier molecular flexibility index (Phi) is 8.43. The van der Waals surface area contributed by atoms with E-state index in [0.29, 0.717) is 6.54 Å². The number of hydrogen-bond acceptors (Lipinski definition) is 4. The van der Waals surface area contributed by atoms with Crippen molar-refractivity contribution >= 4 is 28.1 Å². The van der Waals surface area contributed by atoms with Gasteiger partial charge in [-0.25, -0.2) is 0 Å². The second kappa shape index (κ2) is 8.67. The van der Waals surface area contributed by atoms with Gasteiger partial charge >= 0.3 is 16.5 Å². The molecular formula is C7H10ClNO5P2+2. The topological polar surface area (TPSA) is 110 Å². The molecule has 2 atom stereocenters. The average molecular weight is 286 g/mol. The summed E-state index contributed by atoms with van der Waals surface area (Å²) in [6.45, 7) is 0.581. The molecule has 0 fully saturated rings. The molecule has 4 N–H and O–H groups in total. The largest absolute Gasteiger partial charge is 0.745 e. The molecule has 16 heavy (non-hydrogen) atoms. The number of nitrogens with two attached hydrogens (primary N) is 1. The molecule has 0 spiro atoms. The molecule has 9 heteroatoms. The summed E-state index contributed by atoms with van der Waals surface area (Å²) < 4.78 is 22.2. The van der Waals surface area contributed by atoms with Gasteiger partial charge in [-0.05, 0) is 17.7 Å². The van der Waals surface area contributed by atoms with E-state index in [-0.39, 0.29) is 0 Å². The molecule has 88 valence electrons. The van der Waals surface area contributed by atoms with E-state index in [0.717, 1.165) is 10.6 Å². The number of halogens is 1. The molecule has 0 saturated carbocycles. The fourth-order valence-electron chi connectivity index (χ4n) is 0.680. The molecule has 6 nitrogen and oxygen atoms in total. The smallest absolute Gasteiger partial charge is 0.326 e. The molecule has 0 aliphatic rings. The van der Waals surface area contributed by atoms with Crippen LogP contribution >= 0.6 is 28.1 Å². The summed E-state index contributed by atoms with van der Waals surface area (Å²) >= 11 is 5.63. The molecule has 0 aliphatic carbocycles. The highest BCUT2D eigenvalue weighted by molar-refractivity contribution is 7.46. The molecule has 0 bridgehead atoms. The zero-order valence-electron chi connectivity index (χ0n) is 7.99. The lowest BCUT2D eigenvalue weighted by molar-refractivity contribution is 0.371. The lowest BCUT2D eigenvalue weighted by Crippen LogP contribution is -1.94. The van der Waals surface area contributed by atoms with Gasteiger partial charge in [0.25, 0.3) is 0 Å². The summed E-state index contributed by atoms with van der Waals surface area (Å²) in [4.78, 5) is 15.3. The standard InChI is InChI=1S/C7H8ClN.O5P2/c8-7-3-1-6(5-9)2-4-7;1-6(2)5-7(3)4/h1-4H,5,9H2;/p+2. The molecule has 0 heterocycles. The van der Waals surface area contributed by atoms with E-state index in [2.05, 4.69) is 4.31 Å². The molecule has 1 aromatic carbocycles. The van der Waals surface area contributed by atoms with Crippen molar-refractivity contribution in [1.29, 1.82) is 0 Å². The molecule has 0 radical (unpaired) electrons. The van der Waals surface area contributed by atoms with Crippen LogP contribution in [0.15, 0.2) is 24.3 Å². The maximum Gasteiger partial charge on any atom is 0.745 e. The normalized spacial score (nSPS) is 11.2. The minimum absolute atomic E-state index is 0.581. The first kappa shape index (κ1) is 15.6. The Hall–Kier alpha value is -0.450. The second-order valence-electron chi connectivity index (χ2n) is 2.39. The van der Waals surface area contributed by atoms with Crippen molar-refractivity contribution in [2.45, 2.75) is 6.54 Å². The lowest BCUT2D eigenvalue weighted by atomic mass is 10.2. The van der Waals surface area contributed by atoms with Crippen LogP contribution in [0.1, 0.15) is 5.56 Å². The van der Waals surface area contributed by atoms with E-state index >= 15 is 0 Å². The van der Waals surface area contributed by atoms with Gasteiger partial charge in [0.2, 0.25) is 0 Å². The fraction of sp³-hybridized carbons (Fsp3) is 0.143. The van der Waals surface area contributed by atoms with Crippen LogP contribution in [0.4, 0.5) is 0 Å².